The molecule has 0 fully saturated rings. The Balaban J connectivity index is 2.06. The molecule has 0 aliphatic heterocycles. The summed E-state index contributed by atoms with van der Waals surface area (Å²) in [5, 5.41) is 8.02. The van der Waals surface area contributed by atoms with Crippen LogP contribution in [0.2, 0.25) is 0 Å². The van der Waals surface area contributed by atoms with Gasteiger partial charge in [-0.2, -0.15) is 10.1 Å². The third-order valence-corrected chi connectivity index (χ3v) is 2.32. The van der Waals surface area contributed by atoms with Gasteiger partial charge in [0.25, 0.3) is 5.89 Å². The van der Waals surface area contributed by atoms with Crippen molar-refractivity contribution in [2.45, 2.75) is 26.0 Å². The molecule has 0 radical (unpaired) electrons. The van der Waals surface area contributed by atoms with E-state index in [0.717, 1.165) is 0 Å². The first-order chi connectivity index (χ1) is 8.56. The largest absolute Gasteiger partial charge is 0.377 e. The Labute approximate surface area is 105 Å². The fourth-order valence-electron chi connectivity index (χ4n) is 1.39. The SMILES string of the molecule is CC(C)OCC(N)c1noc(-c2ccn(C)n2)n1. The highest BCUT2D eigenvalue weighted by Gasteiger charge is 2.17. The quantitative estimate of drug-likeness (QED) is 0.848. The van der Waals surface area contributed by atoms with E-state index in [9.17, 15) is 0 Å². The van der Waals surface area contributed by atoms with Gasteiger partial charge in [-0.05, 0) is 19.9 Å². The van der Waals surface area contributed by atoms with Crippen molar-refractivity contribution < 1.29 is 9.26 Å². The van der Waals surface area contributed by atoms with Gasteiger partial charge < -0.3 is 15.0 Å². The molecule has 0 saturated carbocycles. The van der Waals surface area contributed by atoms with Gasteiger partial charge in [0, 0.05) is 13.2 Å². The molecule has 18 heavy (non-hydrogen) atoms. The van der Waals surface area contributed by atoms with E-state index in [2.05, 4.69) is 15.2 Å². The molecular formula is C11H17N5O2. The van der Waals surface area contributed by atoms with Crippen molar-refractivity contribution in [3.63, 3.8) is 0 Å². The standard InChI is InChI=1S/C11H17N5O2/c1-7(2)17-6-8(12)10-13-11(18-15-10)9-4-5-16(3)14-9/h4-5,7-8H,6,12H2,1-3H3. The molecule has 0 amide bonds. The minimum atomic E-state index is -0.395. The first-order valence-corrected chi connectivity index (χ1v) is 5.77. The lowest BCUT2D eigenvalue weighted by Crippen LogP contribution is -2.20. The highest BCUT2D eigenvalue weighted by Crippen LogP contribution is 2.16. The number of aryl methyl sites for hydroxylation is 1. The van der Waals surface area contributed by atoms with E-state index < -0.39 is 6.04 Å². The van der Waals surface area contributed by atoms with Crippen molar-refractivity contribution in [1.82, 2.24) is 19.9 Å². The van der Waals surface area contributed by atoms with Crippen LogP contribution in [0.3, 0.4) is 0 Å². The number of hydrogen-bond acceptors (Lipinski definition) is 6. The van der Waals surface area contributed by atoms with Gasteiger partial charge in [-0.15, -0.1) is 0 Å². The first-order valence-electron chi connectivity index (χ1n) is 5.77. The van der Waals surface area contributed by atoms with Crippen LogP contribution in [0.1, 0.15) is 25.7 Å². The number of nitrogens with two attached hydrogens (primary N) is 1. The van der Waals surface area contributed by atoms with Crippen molar-refractivity contribution in [2.24, 2.45) is 12.8 Å². The topological polar surface area (TPSA) is 92.0 Å². The molecule has 0 bridgehead atoms. The number of aromatic nitrogens is 4. The van der Waals surface area contributed by atoms with E-state index in [1.807, 2.05) is 20.9 Å². The van der Waals surface area contributed by atoms with E-state index >= 15 is 0 Å². The van der Waals surface area contributed by atoms with E-state index in [-0.39, 0.29) is 6.10 Å². The molecule has 2 heterocycles. The van der Waals surface area contributed by atoms with E-state index in [0.29, 0.717) is 24.0 Å². The van der Waals surface area contributed by atoms with Gasteiger partial charge >= 0.3 is 0 Å². The number of rotatable bonds is 5. The maximum atomic E-state index is 5.90. The molecule has 98 valence electrons. The third-order valence-electron chi connectivity index (χ3n) is 2.32. The molecule has 0 aliphatic carbocycles. The molecule has 2 aromatic heterocycles. The van der Waals surface area contributed by atoms with Crippen LogP contribution in [-0.4, -0.2) is 32.6 Å². The molecule has 7 heteroatoms. The lowest BCUT2D eigenvalue weighted by Gasteiger charge is -2.10. The number of hydrogen-bond donors (Lipinski definition) is 1. The van der Waals surface area contributed by atoms with Crippen LogP contribution in [0, 0.1) is 0 Å². The normalized spacial score (nSPS) is 13.2. The predicted molar refractivity (Wildman–Crippen MR) is 64.5 cm³/mol. The number of nitrogens with zero attached hydrogens (tertiary/aromatic N) is 4. The summed E-state index contributed by atoms with van der Waals surface area (Å²) in [5.41, 5.74) is 6.54. The summed E-state index contributed by atoms with van der Waals surface area (Å²) in [6.45, 7) is 4.25. The van der Waals surface area contributed by atoms with E-state index in [1.54, 1.807) is 16.9 Å². The van der Waals surface area contributed by atoms with Crippen LogP contribution < -0.4 is 5.73 Å². The maximum absolute atomic E-state index is 5.90. The fourth-order valence-corrected chi connectivity index (χ4v) is 1.39. The minimum Gasteiger partial charge on any atom is -0.377 e. The molecular weight excluding hydrogens is 234 g/mol. The maximum Gasteiger partial charge on any atom is 0.278 e. The Bertz CT molecular complexity index is 505. The van der Waals surface area contributed by atoms with Gasteiger partial charge in [0.15, 0.2) is 11.5 Å². The van der Waals surface area contributed by atoms with Gasteiger partial charge in [0.1, 0.15) is 0 Å². The zero-order valence-electron chi connectivity index (χ0n) is 10.7. The Morgan fingerprint density at radius 1 is 1.50 bits per heavy atom. The lowest BCUT2D eigenvalue weighted by atomic mass is 10.3. The van der Waals surface area contributed by atoms with E-state index in [1.165, 1.54) is 0 Å². The first kappa shape index (κ1) is 12.7. The minimum absolute atomic E-state index is 0.123. The van der Waals surface area contributed by atoms with Crippen molar-refractivity contribution in [3.8, 4) is 11.6 Å². The second-order valence-corrected chi connectivity index (χ2v) is 4.32. The molecule has 0 spiro atoms. The summed E-state index contributed by atoms with van der Waals surface area (Å²) in [7, 11) is 1.82. The zero-order chi connectivity index (χ0) is 13.1. The Kier molecular flexibility index (Phi) is 3.73. The average molecular weight is 251 g/mol. The van der Waals surface area contributed by atoms with Crippen molar-refractivity contribution in [2.75, 3.05) is 6.61 Å². The molecule has 0 saturated heterocycles. The Morgan fingerprint density at radius 3 is 2.89 bits per heavy atom. The summed E-state index contributed by atoms with van der Waals surface area (Å²) in [6, 6.07) is 1.40. The fraction of sp³-hybridized carbons (Fsp3) is 0.545. The Morgan fingerprint density at radius 2 is 2.28 bits per heavy atom. The van der Waals surface area contributed by atoms with Crippen LogP contribution in [-0.2, 0) is 11.8 Å². The van der Waals surface area contributed by atoms with Crippen LogP contribution in [0.4, 0.5) is 0 Å². The van der Waals surface area contributed by atoms with Crippen molar-refractivity contribution in [1.29, 1.82) is 0 Å². The van der Waals surface area contributed by atoms with Crippen LogP contribution in [0.25, 0.3) is 11.6 Å². The van der Waals surface area contributed by atoms with Crippen molar-refractivity contribution >= 4 is 0 Å². The molecule has 1 atom stereocenters. The van der Waals surface area contributed by atoms with Crippen LogP contribution in [0.15, 0.2) is 16.8 Å². The average Bonchev–Trinajstić information content (AvgIpc) is 2.93. The molecule has 0 aliphatic rings. The molecule has 7 nitrogen and oxygen atoms in total. The third kappa shape index (κ3) is 2.93. The predicted octanol–water partition coefficient (Wildman–Crippen LogP) is 0.895. The summed E-state index contributed by atoms with van der Waals surface area (Å²) in [4.78, 5) is 4.21. The molecule has 2 N–H and O–H groups in total. The monoisotopic (exact) mass is 251 g/mol. The van der Waals surface area contributed by atoms with Crippen molar-refractivity contribution in [3.05, 3.63) is 18.1 Å². The molecule has 1 unspecified atom stereocenters. The van der Waals surface area contributed by atoms with E-state index in [4.69, 9.17) is 15.0 Å². The van der Waals surface area contributed by atoms with Crippen LogP contribution >= 0.6 is 0 Å². The smallest absolute Gasteiger partial charge is 0.278 e. The highest BCUT2D eigenvalue weighted by molar-refractivity contribution is 5.44. The summed E-state index contributed by atoms with van der Waals surface area (Å²) >= 11 is 0. The lowest BCUT2D eigenvalue weighted by molar-refractivity contribution is 0.0665. The zero-order valence-corrected chi connectivity index (χ0v) is 10.7. The molecule has 2 rings (SSSR count). The summed E-state index contributed by atoms with van der Waals surface area (Å²) < 4.78 is 12.2. The second-order valence-electron chi connectivity index (χ2n) is 4.32. The molecule has 2 aromatic rings. The van der Waals surface area contributed by atoms with Gasteiger partial charge in [-0.1, -0.05) is 5.16 Å². The van der Waals surface area contributed by atoms with Gasteiger partial charge in [0.2, 0.25) is 0 Å². The van der Waals surface area contributed by atoms with Gasteiger partial charge in [0.05, 0.1) is 18.8 Å². The van der Waals surface area contributed by atoms with Gasteiger partial charge in [-0.25, -0.2) is 0 Å². The summed E-state index contributed by atoms with van der Waals surface area (Å²) in [5.74, 6) is 0.793. The second kappa shape index (κ2) is 5.28. The summed E-state index contributed by atoms with van der Waals surface area (Å²) in [6.07, 6.45) is 1.93. The molecule has 0 aromatic carbocycles. The Hall–Kier alpha value is -1.73. The van der Waals surface area contributed by atoms with Crippen LogP contribution in [0.5, 0.6) is 0 Å². The van der Waals surface area contributed by atoms with Gasteiger partial charge in [-0.3, -0.25) is 4.68 Å². The number of ether oxygens (including phenoxy) is 1. The highest BCUT2D eigenvalue weighted by atomic mass is 16.5.